The Kier molecular flexibility index (Phi) is 12.3. The summed E-state index contributed by atoms with van der Waals surface area (Å²) in [4.78, 5) is 21.6. The van der Waals surface area contributed by atoms with Gasteiger partial charge >= 0.3 is 5.97 Å². The first-order valence-electron chi connectivity index (χ1n) is 9.41. The minimum Gasteiger partial charge on any atom is -0.478 e. The summed E-state index contributed by atoms with van der Waals surface area (Å²) in [6, 6.07) is -1.34. The van der Waals surface area contributed by atoms with Crippen LogP contribution >= 0.6 is 11.8 Å². The van der Waals surface area contributed by atoms with Crippen LogP contribution in [0, 0.1) is 12.3 Å². The summed E-state index contributed by atoms with van der Waals surface area (Å²) in [5, 5.41) is 60.7. The van der Waals surface area contributed by atoms with Gasteiger partial charge < -0.3 is 50.2 Å². The van der Waals surface area contributed by atoms with Crippen LogP contribution < -0.4 is 5.32 Å². The molecule has 1 aliphatic rings. The molecular weight excluding hydrogens is 438 g/mol. The highest BCUT2D eigenvalue weighted by molar-refractivity contribution is 8.01. The molecule has 0 radical (unpaired) electrons. The van der Waals surface area contributed by atoms with Crippen LogP contribution in [0.1, 0.15) is 6.42 Å². The van der Waals surface area contributed by atoms with Crippen LogP contribution in [0.2, 0.25) is 0 Å². The van der Waals surface area contributed by atoms with Crippen molar-refractivity contribution in [1.29, 1.82) is 0 Å². The first-order chi connectivity index (χ1) is 14.7. The van der Waals surface area contributed by atoms with E-state index in [1.807, 2.05) is 0 Å². The first-order valence-corrected chi connectivity index (χ1v) is 10.4. The summed E-state index contributed by atoms with van der Waals surface area (Å²) >= 11 is 0.795. The summed E-state index contributed by atoms with van der Waals surface area (Å²) in [6.07, 6.45) is -2.09. The number of carboxylic acid groups (broad SMARTS) is 1. The van der Waals surface area contributed by atoms with Gasteiger partial charge in [0, 0.05) is 12.2 Å². The number of rotatable bonds is 14. The molecular formula is C18H29NO11S. The zero-order chi connectivity index (χ0) is 23.4. The van der Waals surface area contributed by atoms with E-state index in [1.54, 1.807) is 0 Å². The van der Waals surface area contributed by atoms with Crippen LogP contribution in [0.25, 0.3) is 0 Å². The molecule has 31 heavy (non-hydrogen) atoms. The van der Waals surface area contributed by atoms with Gasteiger partial charge in [-0.15, -0.1) is 18.2 Å². The predicted octanol–water partition coefficient (Wildman–Crippen LogP) is -3.49. The van der Waals surface area contributed by atoms with E-state index in [1.165, 1.54) is 0 Å². The topological polar surface area (TPSA) is 195 Å². The van der Waals surface area contributed by atoms with Gasteiger partial charge in [0.2, 0.25) is 10.8 Å². The summed E-state index contributed by atoms with van der Waals surface area (Å²) < 4.78 is 15.9. The third-order valence-electron chi connectivity index (χ3n) is 4.41. The number of aliphatic hydroxyl groups is 5. The van der Waals surface area contributed by atoms with Gasteiger partial charge in [0.25, 0.3) is 0 Å². The number of carboxylic acids is 1. The number of hydrogen-bond acceptors (Lipinski definition) is 11. The van der Waals surface area contributed by atoms with Crippen LogP contribution in [0.3, 0.4) is 0 Å². The fourth-order valence-corrected chi connectivity index (χ4v) is 4.01. The van der Waals surface area contributed by atoms with Crippen molar-refractivity contribution in [2.75, 3.05) is 45.4 Å². The largest absolute Gasteiger partial charge is 0.478 e. The number of nitrogens with one attached hydrogen (secondary N) is 1. The van der Waals surface area contributed by atoms with Gasteiger partial charge in [-0.2, -0.15) is 0 Å². The zero-order valence-corrected chi connectivity index (χ0v) is 17.6. The van der Waals surface area contributed by atoms with Gasteiger partial charge in [-0.3, -0.25) is 4.79 Å². The lowest BCUT2D eigenvalue weighted by molar-refractivity contribution is -0.205. The quantitative estimate of drug-likeness (QED) is 0.0985. The van der Waals surface area contributed by atoms with Gasteiger partial charge in [-0.05, 0) is 0 Å². The van der Waals surface area contributed by atoms with Crippen LogP contribution in [0.5, 0.6) is 0 Å². The monoisotopic (exact) mass is 467 g/mol. The van der Waals surface area contributed by atoms with Gasteiger partial charge in [0.1, 0.15) is 31.5 Å². The third-order valence-corrected chi connectivity index (χ3v) is 5.68. The number of carbonyl (C=O) groups excluding carboxylic acids is 1. The van der Waals surface area contributed by atoms with Gasteiger partial charge in [0.05, 0.1) is 38.6 Å². The molecule has 2 unspecified atom stereocenters. The zero-order valence-electron chi connectivity index (χ0n) is 16.8. The molecule has 0 spiro atoms. The summed E-state index contributed by atoms with van der Waals surface area (Å²) in [5.74, 6) is 0.0783. The maximum atomic E-state index is 12.0. The van der Waals surface area contributed by atoms with Crippen molar-refractivity contribution in [1.82, 2.24) is 5.32 Å². The molecule has 1 amide bonds. The summed E-state index contributed by atoms with van der Waals surface area (Å²) in [5.41, 5.74) is 0. The van der Waals surface area contributed by atoms with Crippen molar-refractivity contribution < 1.29 is 54.4 Å². The standard InChI is InChI=1S/C18H29NO11S/c1-2-3-28-4-5-29-6-7-31-18(17(26)27)8-11(22)14(19-13(24)10-21)16(30-18)15(25)12(23)9-20/h1,11-12,14-16,20-23,25H,3-10H2,(H,19,24)(H,26,27)/t11-,12+,14?,15?,16+,18-/m0/s1. The second-order valence-electron chi connectivity index (χ2n) is 6.62. The second kappa shape index (κ2) is 13.8. The molecule has 7 N–H and O–H groups in total. The fourth-order valence-electron chi connectivity index (χ4n) is 2.89. The Morgan fingerprint density at radius 3 is 2.52 bits per heavy atom. The maximum Gasteiger partial charge on any atom is 0.346 e. The number of aliphatic hydroxyl groups excluding tert-OH is 5. The molecule has 1 saturated heterocycles. The lowest BCUT2D eigenvalue weighted by atomic mass is 9.89. The first kappa shape index (κ1) is 27.6. The number of ether oxygens (including phenoxy) is 3. The lowest BCUT2D eigenvalue weighted by Gasteiger charge is -2.46. The molecule has 0 saturated carbocycles. The predicted molar refractivity (Wildman–Crippen MR) is 107 cm³/mol. The maximum absolute atomic E-state index is 12.0. The van der Waals surface area contributed by atoms with E-state index in [4.69, 9.17) is 30.8 Å². The second-order valence-corrected chi connectivity index (χ2v) is 7.98. The molecule has 13 heteroatoms. The van der Waals surface area contributed by atoms with Crippen molar-refractivity contribution >= 4 is 23.6 Å². The lowest BCUT2D eigenvalue weighted by Crippen LogP contribution is -2.66. The fraction of sp³-hybridized carbons (Fsp3) is 0.778. The van der Waals surface area contributed by atoms with E-state index in [9.17, 15) is 30.0 Å². The van der Waals surface area contributed by atoms with Crippen molar-refractivity contribution in [2.24, 2.45) is 0 Å². The molecule has 0 aromatic heterocycles. The van der Waals surface area contributed by atoms with Crippen molar-refractivity contribution in [3.63, 3.8) is 0 Å². The summed E-state index contributed by atoms with van der Waals surface area (Å²) in [7, 11) is 0. The molecule has 0 aromatic rings. The molecule has 178 valence electrons. The van der Waals surface area contributed by atoms with Gasteiger partial charge in [0.15, 0.2) is 0 Å². The average molecular weight is 467 g/mol. The SMILES string of the molecule is C#CCOCCOCCS[C@]1(C(=O)O)C[C@H](O)C(NC(=O)CO)[C@H](C(O)[C@H](O)CO)O1. The van der Waals surface area contributed by atoms with Crippen molar-refractivity contribution in [3.05, 3.63) is 0 Å². The number of terminal acetylenes is 1. The van der Waals surface area contributed by atoms with E-state index in [0.717, 1.165) is 11.8 Å². The Morgan fingerprint density at radius 2 is 1.94 bits per heavy atom. The molecule has 0 aromatic carbocycles. The highest BCUT2D eigenvalue weighted by atomic mass is 32.2. The molecule has 12 nitrogen and oxygen atoms in total. The average Bonchev–Trinajstić information content (AvgIpc) is 2.75. The Labute approximate surface area is 183 Å². The van der Waals surface area contributed by atoms with Crippen LogP contribution in [-0.4, -0.2) is 123 Å². The minimum absolute atomic E-state index is 0.121. The smallest absolute Gasteiger partial charge is 0.346 e. The molecule has 0 aliphatic carbocycles. The minimum atomic E-state index is -2.02. The van der Waals surface area contributed by atoms with E-state index in [2.05, 4.69) is 11.2 Å². The molecule has 1 rings (SSSR count). The van der Waals surface area contributed by atoms with E-state index < -0.39 is 66.9 Å². The van der Waals surface area contributed by atoms with Crippen molar-refractivity contribution in [2.45, 2.75) is 41.8 Å². The Hall–Kier alpha value is -1.47. The highest BCUT2D eigenvalue weighted by Gasteiger charge is 2.55. The van der Waals surface area contributed by atoms with E-state index >= 15 is 0 Å². The highest BCUT2D eigenvalue weighted by Crippen LogP contribution is 2.40. The van der Waals surface area contributed by atoms with Crippen LogP contribution in [-0.2, 0) is 23.8 Å². The van der Waals surface area contributed by atoms with Crippen molar-refractivity contribution in [3.8, 4) is 12.3 Å². The Balaban J connectivity index is 2.87. The van der Waals surface area contributed by atoms with E-state index in [-0.39, 0.29) is 32.2 Å². The van der Waals surface area contributed by atoms with Crippen LogP contribution in [0.15, 0.2) is 0 Å². The van der Waals surface area contributed by atoms with Gasteiger partial charge in [-0.25, -0.2) is 4.79 Å². The van der Waals surface area contributed by atoms with Crippen LogP contribution in [0.4, 0.5) is 0 Å². The number of thioether (sulfide) groups is 1. The Morgan fingerprint density at radius 1 is 1.26 bits per heavy atom. The molecule has 1 heterocycles. The molecule has 0 bridgehead atoms. The third kappa shape index (κ3) is 8.19. The van der Waals surface area contributed by atoms with Gasteiger partial charge in [-0.1, -0.05) is 5.92 Å². The number of hydrogen-bond donors (Lipinski definition) is 7. The summed E-state index contributed by atoms with van der Waals surface area (Å²) in [6.45, 7) is -1.05. The molecule has 1 fully saturated rings. The molecule has 6 atom stereocenters. The van der Waals surface area contributed by atoms with E-state index in [0.29, 0.717) is 0 Å². The number of carbonyl (C=O) groups is 2. The Bertz CT molecular complexity index is 616. The molecule has 1 aliphatic heterocycles. The normalized spacial score (nSPS) is 27.8. The number of amides is 1. The number of aliphatic carboxylic acids is 1.